The van der Waals surface area contributed by atoms with E-state index in [-0.39, 0.29) is 68.3 Å². The van der Waals surface area contributed by atoms with Crippen LogP contribution in [0.15, 0.2) is 36.4 Å². The molecule has 4 rings (SSSR count). The van der Waals surface area contributed by atoms with Crippen molar-refractivity contribution in [1.29, 1.82) is 5.26 Å². The third-order valence-corrected chi connectivity index (χ3v) is 6.16. The van der Waals surface area contributed by atoms with Crippen molar-refractivity contribution < 1.29 is 31.1 Å². The molecule has 38 heavy (non-hydrogen) atoms. The Morgan fingerprint density at radius 3 is 2.45 bits per heavy atom. The van der Waals surface area contributed by atoms with E-state index >= 15 is 0 Å². The first-order chi connectivity index (χ1) is 17.5. The molecule has 2 N–H and O–H groups in total. The van der Waals surface area contributed by atoms with E-state index in [0.717, 1.165) is 4.57 Å². The van der Waals surface area contributed by atoms with Crippen LogP contribution >= 0.6 is 12.4 Å². The zero-order chi connectivity index (χ0) is 26.9. The number of nitrogens with two attached hydrogens (primary N) is 1. The van der Waals surface area contributed by atoms with Gasteiger partial charge in [0.1, 0.15) is 5.82 Å². The highest BCUT2D eigenvalue weighted by Gasteiger charge is 2.41. The van der Waals surface area contributed by atoms with E-state index in [1.54, 1.807) is 24.3 Å². The molecule has 1 aliphatic rings. The summed E-state index contributed by atoms with van der Waals surface area (Å²) in [5.41, 5.74) is 6.84. The van der Waals surface area contributed by atoms with Crippen molar-refractivity contribution in [2.75, 3.05) is 6.54 Å². The molecular weight excluding hydrogens is 536 g/mol. The molecule has 2 aromatic carbocycles. The fraction of sp³-hybridized carbons (Fsp3) is 0.320. The number of carbonyl (C=O) groups excluding carboxylic acids is 1. The van der Waals surface area contributed by atoms with Crippen LogP contribution in [0.4, 0.5) is 26.3 Å². The lowest BCUT2D eigenvalue weighted by Crippen LogP contribution is -2.42. The monoisotopic (exact) mass is 557 g/mol. The van der Waals surface area contributed by atoms with Gasteiger partial charge < -0.3 is 15.2 Å². The van der Waals surface area contributed by atoms with Gasteiger partial charge in [-0.05, 0) is 23.6 Å². The number of nitriles is 1. The quantitative estimate of drug-likeness (QED) is 0.349. The number of fused-ring (bicyclic) bond motifs is 1. The van der Waals surface area contributed by atoms with E-state index in [1.807, 2.05) is 6.07 Å². The zero-order valence-electron chi connectivity index (χ0n) is 19.7. The average Bonchev–Trinajstić information content (AvgIpc) is 3.22. The molecule has 0 saturated carbocycles. The molecule has 0 radical (unpaired) electrons. The normalized spacial score (nSPS) is 13.9. The fourth-order valence-corrected chi connectivity index (χ4v) is 4.43. The van der Waals surface area contributed by atoms with Gasteiger partial charge in [0, 0.05) is 37.2 Å². The van der Waals surface area contributed by atoms with Gasteiger partial charge >= 0.3 is 6.18 Å². The molecule has 0 unspecified atom stereocenters. The third-order valence-electron chi connectivity index (χ3n) is 6.16. The molecule has 0 spiro atoms. The summed E-state index contributed by atoms with van der Waals surface area (Å²) in [7, 11) is 0. The van der Waals surface area contributed by atoms with Gasteiger partial charge in [-0.1, -0.05) is 24.3 Å². The van der Waals surface area contributed by atoms with Crippen molar-refractivity contribution in [2.45, 2.75) is 44.6 Å². The molecule has 2 heterocycles. The van der Waals surface area contributed by atoms with Gasteiger partial charge in [0.2, 0.25) is 11.7 Å². The van der Waals surface area contributed by atoms with Crippen molar-refractivity contribution in [2.24, 2.45) is 5.73 Å². The molecular formula is C25H22ClF6N5O. The van der Waals surface area contributed by atoms with Crippen LogP contribution in [-0.2, 0) is 36.9 Å². The molecule has 0 saturated heterocycles. The number of amides is 1. The molecule has 1 aromatic heterocycles. The summed E-state index contributed by atoms with van der Waals surface area (Å²) in [5.74, 6) is -5.18. The Hall–Kier alpha value is -3.56. The smallest absolute Gasteiger partial charge is 0.335 e. The second-order valence-electron chi connectivity index (χ2n) is 8.71. The summed E-state index contributed by atoms with van der Waals surface area (Å²) in [6, 6.07) is 8.60. The van der Waals surface area contributed by atoms with Crippen molar-refractivity contribution in [3.05, 3.63) is 76.5 Å². The number of nitrogens with zero attached hydrogens (tertiary/aromatic N) is 4. The number of imidazole rings is 1. The third kappa shape index (κ3) is 5.95. The Morgan fingerprint density at radius 1 is 1.08 bits per heavy atom. The zero-order valence-corrected chi connectivity index (χ0v) is 20.6. The standard InChI is InChI=1S/C25H21F6N5O.ClH/c26-18-12-20(28)19(27)10-15(18)9-16(33)11-22(37)35-7-8-36-21(13-35)23(34-24(36)25(29,30)31)17-4-2-1-3-14(17)5-6-32;/h1-4,10,12,16H,5,7-9,11,13,33H2;1H/t16-;/m1./s1. The highest BCUT2D eigenvalue weighted by Crippen LogP contribution is 2.37. The van der Waals surface area contributed by atoms with Gasteiger partial charge in [-0.2, -0.15) is 18.4 Å². The van der Waals surface area contributed by atoms with Gasteiger partial charge in [-0.25, -0.2) is 18.2 Å². The Kier molecular flexibility index (Phi) is 8.74. The van der Waals surface area contributed by atoms with Crippen molar-refractivity contribution in [3.8, 4) is 17.3 Å². The predicted octanol–water partition coefficient (Wildman–Crippen LogP) is 4.78. The lowest BCUT2D eigenvalue weighted by Gasteiger charge is -2.30. The summed E-state index contributed by atoms with van der Waals surface area (Å²) in [6.07, 6.45) is -5.31. The van der Waals surface area contributed by atoms with Crippen LogP contribution < -0.4 is 5.73 Å². The van der Waals surface area contributed by atoms with Crippen molar-refractivity contribution >= 4 is 18.3 Å². The number of carbonyl (C=O) groups is 1. The van der Waals surface area contributed by atoms with E-state index < -0.39 is 41.4 Å². The molecule has 0 bridgehead atoms. The number of hydrogen-bond acceptors (Lipinski definition) is 4. The maximum absolute atomic E-state index is 14.0. The van der Waals surface area contributed by atoms with E-state index in [4.69, 9.17) is 11.0 Å². The summed E-state index contributed by atoms with van der Waals surface area (Å²) in [4.78, 5) is 18.2. The molecule has 6 nitrogen and oxygen atoms in total. The fourth-order valence-electron chi connectivity index (χ4n) is 4.43. The van der Waals surface area contributed by atoms with Gasteiger partial charge in [0.05, 0.1) is 30.4 Å². The highest BCUT2D eigenvalue weighted by molar-refractivity contribution is 5.85. The molecule has 0 aliphatic carbocycles. The Morgan fingerprint density at radius 2 is 1.76 bits per heavy atom. The lowest BCUT2D eigenvalue weighted by molar-refractivity contribution is -0.148. The highest BCUT2D eigenvalue weighted by atomic mass is 35.5. The predicted molar refractivity (Wildman–Crippen MR) is 127 cm³/mol. The van der Waals surface area contributed by atoms with Gasteiger partial charge in [0.15, 0.2) is 11.6 Å². The van der Waals surface area contributed by atoms with E-state index in [2.05, 4.69) is 4.98 Å². The topological polar surface area (TPSA) is 87.9 Å². The number of aromatic nitrogens is 2. The van der Waals surface area contributed by atoms with E-state index in [1.165, 1.54) is 4.90 Å². The van der Waals surface area contributed by atoms with Crippen LogP contribution in [0.5, 0.6) is 0 Å². The van der Waals surface area contributed by atoms with Gasteiger partial charge in [-0.15, -0.1) is 12.4 Å². The molecule has 13 heteroatoms. The van der Waals surface area contributed by atoms with Crippen molar-refractivity contribution in [1.82, 2.24) is 14.5 Å². The molecule has 1 amide bonds. The van der Waals surface area contributed by atoms with Crippen LogP contribution in [0.1, 0.15) is 29.1 Å². The summed E-state index contributed by atoms with van der Waals surface area (Å²) in [5, 5.41) is 9.13. The summed E-state index contributed by atoms with van der Waals surface area (Å²) >= 11 is 0. The molecule has 3 aromatic rings. The number of alkyl halides is 3. The molecule has 1 atom stereocenters. The van der Waals surface area contributed by atoms with Gasteiger partial charge in [0.25, 0.3) is 0 Å². The maximum atomic E-state index is 14.0. The minimum Gasteiger partial charge on any atom is -0.335 e. The Balaban J connectivity index is 0.00000400. The van der Waals surface area contributed by atoms with Crippen LogP contribution in [0.3, 0.4) is 0 Å². The minimum atomic E-state index is -4.74. The Bertz CT molecular complexity index is 1380. The Labute approximate surface area is 220 Å². The molecule has 0 fully saturated rings. The largest absolute Gasteiger partial charge is 0.449 e. The minimum absolute atomic E-state index is 0. The second kappa shape index (κ2) is 11.4. The second-order valence-corrected chi connectivity index (χ2v) is 8.71. The van der Waals surface area contributed by atoms with Crippen LogP contribution in [0, 0.1) is 28.8 Å². The first-order valence-corrected chi connectivity index (χ1v) is 11.3. The van der Waals surface area contributed by atoms with E-state index in [0.29, 0.717) is 23.3 Å². The number of hydrogen-bond donors (Lipinski definition) is 1. The SMILES string of the molecule is Cl.N#CCc1ccccc1-c1nc(C(F)(F)F)n2c1CN(C(=O)C[C@H](N)Cc1cc(F)c(F)cc1F)CC2. The molecule has 202 valence electrons. The lowest BCUT2D eigenvalue weighted by atomic mass is 10.00. The van der Waals surface area contributed by atoms with Gasteiger partial charge in [-0.3, -0.25) is 4.79 Å². The number of benzene rings is 2. The maximum Gasteiger partial charge on any atom is 0.449 e. The summed E-state index contributed by atoms with van der Waals surface area (Å²) < 4.78 is 82.9. The van der Waals surface area contributed by atoms with Crippen LogP contribution in [0.25, 0.3) is 11.3 Å². The summed E-state index contributed by atoms with van der Waals surface area (Å²) in [6.45, 7) is -0.405. The van der Waals surface area contributed by atoms with E-state index in [9.17, 15) is 31.1 Å². The first-order valence-electron chi connectivity index (χ1n) is 11.3. The first kappa shape index (κ1) is 29.0. The molecule has 1 aliphatic heterocycles. The average molecular weight is 558 g/mol. The number of rotatable bonds is 6. The van der Waals surface area contributed by atoms with Crippen molar-refractivity contribution in [3.63, 3.8) is 0 Å². The van der Waals surface area contributed by atoms with Crippen LogP contribution in [-0.4, -0.2) is 32.9 Å². The van der Waals surface area contributed by atoms with Crippen LogP contribution in [0.2, 0.25) is 0 Å². The number of halogens is 7.